The van der Waals surface area contributed by atoms with Crippen molar-refractivity contribution in [1.82, 2.24) is 0 Å². The molecule has 0 N–H and O–H groups in total. The minimum absolute atomic E-state index is 0. The molecule has 0 atom stereocenters. The molecular weight excluding hydrogens is 679 g/mol. The van der Waals surface area contributed by atoms with Gasteiger partial charge < -0.3 is 24.8 Å². The van der Waals surface area contributed by atoms with Gasteiger partial charge in [0.25, 0.3) is 0 Å². The molecule has 0 unspecified atom stereocenters. The quantitative estimate of drug-likeness (QED) is 0.195. The third kappa shape index (κ3) is 11.2. The van der Waals surface area contributed by atoms with Crippen LogP contribution in [0.1, 0.15) is 133 Å². The van der Waals surface area contributed by atoms with Crippen molar-refractivity contribution in [3.05, 3.63) is 123 Å². The predicted octanol–water partition coefficient (Wildman–Crippen LogP) is 5.66. The normalized spacial score (nSPS) is 12.3. The second kappa shape index (κ2) is 16.2. The van der Waals surface area contributed by atoms with Crippen molar-refractivity contribution in [2.45, 2.75) is 125 Å². The van der Waals surface area contributed by atoms with Crippen LogP contribution >= 0.6 is 0 Å². The van der Waals surface area contributed by atoms with E-state index in [1.807, 2.05) is 0 Å². The molecule has 0 nitrogen and oxygen atoms in total. The zero-order valence-electron chi connectivity index (χ0n) is 30.9. The second-order valence-electron chi connectivity index (χ2n) is 16.7. The van der Waals surface area contributed by atoms with E-state index in [4.69, 9.17) is 0 Å². The van der Waals surface area contributed by atoms with Crippen molar-refractivity contribution >= 4 is 3.71 Å². The molecule has 0 amide bonds. The summed E-state index contributed by atoms with van der Waals surface area (Å²) in [5.41, 5.74) is 16.3. The van der Waals surface area contributed by atoms with E-state index in [0.29, 0.717) is 5.41 Å². The maximum atomic E-state index is 3.67. The first-order chi connectivity index (χ1) is 20.1. The van der Waals surface area contributed by atoms with E-state index in [0.717, 1.165) is 6.42 Å². The number of aryl methyl sites for hydroxylation is 2. The SMILES string of the molecule is CC(C)(C)c1[c-]c2c(cc1)-c1ccc(C(C)(C)C)cc1C2.CC(C)(C)c1ccc([CH]=[Zr+2])cc1.Cc1cc(C(C)(C)C)c(C)[cH-]1.[Cl-].[Cl-]. The predicted molar refractivity (Wildman–Crippen MR) is 191 cm³/mol. The standard InChI is InChI=1S/C21H25.C11H17.C11H14.2ClH.Zr/c1-20(2,3)16-7-9-18-14(12-16)11-15-13-17(21(4,5)6)8-10-19(15)18;1-8-6-9(2)10(7-8)11(3,4)5;1-9-5-7-10(8-6-9)11(2,3)4;;;/h7-10,12H,11H2,1-6H3;6-7H,1-5H3;1,5-8H,2-4H3;2*1H;/q2*-1;;;;+2/p-2. The van der Waals surface area contributed by atoms with Gasteiger partial charge in [-0.1, -0.05) is 105 Å². The van der Waals surface area contributed by atoms with Crippen molar-refractivity contribution in [3.63, 3.8) is 0 Å². The average Bonchev–Trinajstić information content (AvgIpc) is 3.45. The summed E-state index contributed by atoms with van der Waals surface area (Å²) >= 11 is 1.46. The van der Waals surface area contributed by atoms with Gasteiger partial charge >= 0.3 is 89.5 Å². The fourth-order valence-electron chi connectivity index (χ4n) is 5.72. The third-order valence-electron chi connectivity index (χ3n) is 8.46. The molecule has 4 aromatic rings. The van der Waals surface area contributed by atoms with Crippen molar-refractivity contribution in [1.29, 1.82) is 0 Å². The largest absolute Gasteiger partial charge is 1.00 e. The van der Waals surface area contributed by atoms with Gasteiger partial charge in [0, 0.05) is 0 Å². The number of hydrogen-bond donors (Lipinski definition) is 0. The molecule has 5 rings (SSSR count). The van der Waals surface area contributed by atoms with Crippen LogP contribution in [0, 0.1) is 19.9 Å². The Bertz CT molecular complexity index is 1510. The van der Waals surface area contributed by atoms with E-state index < -0.39 is 0 Å². The molecule has 248 valence electrons. The Hall–Kier alpha value is -1.66. The van der Waals surface area contributed by atoms with E-state index >= 15 is 0 Å². The molecule has 0 heterocycles. The molecule has 0 aromatic heterocycles. The molecule has 0 saturated heterocycles. The Morgan fingerprint density at radius 2 is 1.15 bits per heavy atom. The summed E-state index contributed by atoms with van der Waals surface area (Å²) in [4.78, 5) is 0. The number of benzene rings is 3. The van der Waals surface area contributed by atoms with Gasteiger partial charge in [-0.2, -0.15) is 46.5 Å². The molecule has 1 aliphatic rings. The van der Waals surface area contributed by atoms with Crippen molar-refractivity contribution in [3.8, 4) is 11.1 Å². The minimum Gasteiger partial charge on any atom is -1.00 e. The van der Waals surface area contributed by atoms with Crippen LogP contribution in [-0.2, 0) is 52.3 Å². The third-order valence-corrected chi connectivity index (χ3v) is 9.28. The van der Waals surface area contributed by atoms with Gasteiger partial charge in [0.2, 0.25) is 0 Å². The molecule has 0 radical (unpaired) electrons. The van der Waals surface area contributed by atoms with Gasteiger partial charge in [0.05, 0.1) is 0 Å². The maximum absolute atomic E-state index is 3.67. The van der Waals surface area contributed by atoms with Crippen molar-refractivity contribution < 1.29 is 49.0 Å². The van der Waals surface area contributed by atoms with Gasteiger partial charge in [-0.15, -0.1) is 11.1 Å². The molecule has 4 aromatic carbocycles. The van der Waals surface area contributed by atoms with Crippen molar-refractivity contribution in [2.24, 2.45) is 0 Å². The molecule has 46 heavy (non-hydrogen) atoms. The molecule has 0 saturated carbocycles. The number of fused-ring (bicyclic) bond motifs is 3. The fourth-order valence-corrected chi connectivity index (χ4v) is 6.19. The first kappa shape index (κ1) is 42.4. The number of halogens is 2. The van der Waals surface area contributed by atoms with Crippen LogP contribution < -0.4 is 24.8 Å². The molecule has 0 fully saturated rings. The summed E-state index contributed by atoms with van der Waals surface area (Å²) in [6.07, 6.45) is 1.03. The Morgan fingerprint density at radius 1 is 0.630 bits per heavy atom. The van der Waals surface area contributed by atoms with E-state index in [9.17, 15) is 0 Å². The van der Waals surface area contributed by atoms with Crippen LogP contribution in [0.5, 0.6) is 0 Å². The first-order valence-corrected chi connectivity index (χ1v) is 17.6. The van der Waals surface area contributed by atoms with E-state index in [2.05, 4.69) is 173 Å². The van der Waals surface area contributed by atoms with Crippen LogP contribution in [0.4, 0.5) is 0 Å². The fraction of sp³-hybridized carbons (Fsp3) is 0.442. The zero-order valence-corrected chi connectivity index (χ0v) is 34.9. The van der Waals surface area contributed by atoms with Gasteiger partial charge in [0.1, 0.15) is 0 Å². The summed E-state index contributed by atoms with van der Waals surface area (Å²) in [5.74, 6) is 0. The maximum Gasteiger partial charge on any atom is -0.0632 e. The van der Waals surface area contributed by atoms with Gasteiger partial charge in [-0.25, -0.2) is 6.07 Å². The molecule has 0 bridgehead atoms. The summed E-state index contributed by atoms with van der Waals surface area (Å²) < 4.78 is 2.21. The number of hydrogen-bond acceptors (Lipinski definition) is 0. The molecule has 3 heteroatoms. The van der Waals surface area contributed by atoms with E-state index in [1.54, 1.807) is 0 Å². The summed E-state index contributed by atoms with van der Waals surface area (Å²) in [6.45, 7) is 31.4. The Morgan fingerprint density at radius 3 is 1.57 bits per heavy atom. The topological polar surface area (TPSA) is 0 Å². The zero-order chi connectivity index (χ0) is 33.3. The van der Waals surface area contributed by atoms with Gasteiger partial charge in [0.15, 0.2) is 0 Å². The van der Waals surface area contributed by atoms with Crippen LogP contribution in [0.15, 0.2) is 66.7 Å². The Balaban J connectivity index is 0.000000365. The van der Waals surface area contributed by atoms with Crippen LogP contribution in [0.2, 0.25) is 0 Å². The van der Waals surface area contributed by atoms with Crippen LogP contribution in [0.3, 0.4) is 0 Å². The molecule has 0 spiro atoms. The summed E-state index contributed by atoms with van der Waals surface area (Å²) in [5, 5.41) is 0. The Labute approximate surface area is 309 Å². The van der Waals surface area contributed by atoms with Gasteiger partial charge in [-0.05, 0) is 28.4 Å². The van der Waals surface area contributed by atoms with Crippen molar-refractivity contribution in [2.75, 3.05) is 0 Å². The minimum atomic E-state index is 0. The monoisotopic (exact) mass is 732 g/mol. The summed E-state index contributed by atoms with van der Waals surface area (Å²) in [7, 11) is 0. The first-order valence-electron chi connectivity index (χ1n) is 16.2. The second-order valence-corrected chi connectivity index (χ2v) is 17.4. The number of rotatable bonds is 1. The van der Waals surface area contributed by atoms with Gasteiger partial charge in [-0.3, -0.25) is 0 Å². The van der Waals surface area contributed by atoms with E-state index in [-0.39, 0.29) is 41.1 Å². The molecular formula is C43H56Cl2Zr-2. The molecule has 0 aliphatic heterocycles. The molecule has 1 aliphatic carbocycles. The van der Waals surface area contributed by atoms with Crippen LogP contribution in [0.25, 0.3) is 11.1 Å². The average molecular weight is 735 g/mol. The smallest absolute Gasteiger partial charge is 0.0632 e. The van der Waals surface area contributed by atoms with Crippen LogP contribution in [-0.4, -0.2) is 3.71 Å². The Kier molecular flexibility index (Phi) is 14.9. The summed E-state index contributed by atoms with van der Waals surface area (Å²) in [6, 6.07) is 28.5. The van der Waals surface area contributed by atoms with E-state index in [1.165, 1.54) is 85.4 Å².